The molecule has 0 atom stereocenters. The van der Waals surface area contributed by atoms with Crippen LogP contribution in [0.3, 0.4) is 0 Å². The second-order valence-electron chi connectivity index (χ2n) is 5.84. The summed E-state index contributed by atoms with van der Waals surface area (Å²) in [5.74, 6) is 0.296. The fourth-order valence-electron chi connectivity index (χ4n) is 2.64. The van der Waals surface area contributed by atoms with Gasteiger partial charge in [0.15, 0.2) is 10.7 Å². The summed E-state index contributed by atoms with van der Waals surface area (Å²) in [5, 5.41) is 5.88. The van der Waals surface area contributed by atoms with Crippen molar-refractivity contribution < 1.29 is 9.21 Å². The van der Waals surface area contributed by atoms with Crippen molar-refractivity contribution in [1.29, 1.82) is 0 Å². The van der Waals surface area contributed by atoms with E-state index in [1.165, 1.54) is 0 Å². The lowest BCUT2D eigenvalue weighted by Crippen LogP contribution is -2.34. The number of thiocarbonyl (C=S) groups is 1. The number of amides is 1. The van der Waals surface area contributed by atoms with Gasteiger partial charge in [-0.05, 0) is 54.7 Å². The second-order valence-corrected chi connectivity index (χ2v) is 6.25. The molecule has 0 bridgehead atoms. The van der Waals surface area contributed by atoms with E-state index in [0.29, 0.717) is 28.2 Å². The standard InChI is InChI=1S/C21H15N3O2S/c25-19(14-7-3-1-4-8-14)24-21(27)22-16-11-12-18-17(13-16)23-20(26-18)15-9-5-2-6-10-15/h1-13H,(H2,22,24,25,27). The normalized spacial score (nSPS) is 10.5. The Morgan fingerprint density at radius 1 is 0.926 bits per heavy atom. The van der Waals surface area contributed by atoms with Gasteiger partial charge in [-0.3, -0.25) is 10.1 Å². The van der Waals surface area contributed by atoms with E-state index < -0.39 is 0 Å². The summed E-state index contributed by atoms with van der Waals surface area (Å²) >= 11 is 5.23. The van der Waals surface area contributed by atoms with Gasteiger partial charge < -0.3 is 9.73 Å². The fraction of sp³-hybridized carbons (Fsp3) is 0. The number of benzene rings is 3. The Kier molecular flexibility index (Phi) is 4.63. The number of hydrogen-bond acceptors (Lipinski definition) is 4. The smallest absolute Gasteiger partial charge is 0.257 e. The van der Waals surface area contributed by atoms with E-state index >= 15 is 0 Å². The van der Waals surface area contributed by atoms with Crippen molar-refractivity contribution in [2.45, 2.75) is 0 Å². The molecule has 3 aromatic carbocycles. The largest absolute Gasteiger partial charge is 0.436 e. The van der Waals surface area contributed by atoms with Gasteiger partial charge in [-0.2, -0.15) is 0 Å². The summed E-state index contributed by atoms with van der Waals surface area (Å²) in [4.78, 5) is 16.7. The molecule has 1 amide bonds. The highest BCUT2D eigenvalue weighted by Gasteiger charge is 2.10. The third-order valence-corrected chi connectivity index (χ3v) is 4.13. The van der Waals surface area contributed by atoms with Gasteiger partial charge in [-0.15, -0.1) is 0 Å². The first-order valence-electron chi connectivity index (χ1n) is 8.32. The van der Waals surface area contributed by atoms with Gasteiger partial charge in [-0.1, -0.05) is 36.4 Å². The zero-order valence-electron chi connectivity index (χ0n) is 14.2. The van der Waals surface area contributed by atoms with Crippen molar-refractivity contribution in [1.82, 2.24) is 10.3 Å². The highest BCUT2D eigenvalue weighted by Crippen LogP contribution is 2.26. The molecule has 0 fully saturated rings. The lowest BCUT2D eigenvalue weighted by Gasteiger charge is -2.09. The molecule has 0 aliphatic heterocycles. The molecular weight excluding hydrogens is 358 g/mol. The van der Waals surface area contributed by atoms with Gasteiger partial charge in [0.25, 0.3) is 5.91 Å². The second kappa shape index (κ2) is 7.39. The molecule has 2 N–H and O–H groups in total. The Morgan fingerprint density at radius 3 is 2.37 bits per heavy atom. The summed E-state index contributed by atoms with van der Waals surface area (Å²) in [6.45, 7) is 0. The molecule has 1 aromatic heterocycles. The van der Waals surface area contributed by atoms with Crippen LogP contribution in [0.1, 0.15) is 10.4 Å². The fourth-order valence-corrected chi connectivity index (χ4v) is 2.85. The third-order valence-electron chi connectivity index (χ3n) is 3.93. The van der Waals surface area contributed by atoms with E-state index in [1.54, 1.807) is 24.3 Å². The topological polar surface area (TPSA) is 67.2 Å². The van der Waals surface area contributed by atoms with Gasteiger partial charge >= 0.3 is 0 Å². The predicted molar refractivity (Wildman–Crippen MR) is 110 cm³/mol. The van der Waals surface area contributed by atoms with E-state index in [4.69, 9.17) is 16.6 Å². The minimum absolute atomic E-state index is 0.218. The predicted octanol–water partition coefficient (Wildman–Crippen LogP) is 4.62. The van der Waals surface area contributed by atoms with Gasteiger partial charge in [-0.25, -0.2) is 4.98 Å². The van der Waals surface area contributed by atoms with E-state index in [0.717, 1.165) is 5.56 Å². The Hall–Kier alpha value is -3.51. The van der Waals surface area contributed by atoms with Crippen LogP contribution in [0.15, 0.2) is 83.3 Å². The number of aromatic nitrogens is 1. The van der Waals surface area contributed by atoms with E-state index in [2.05, 4.69) is 15.6 Å². The van der Waals surface area contributed by atoms with Gasteiger partial charge in [0, 0.05) is 16.8 Å². The molecule has 1 heterocycles. The van der Waals surface area contributed by atoms with Crippen LogP contribution in [0.4, 0.5) is 5.69 Å². The highest BCUT2D eigenvalue weighted by molar-refractivity contribution is 7.80. The van der Waals surface area contributed by atoms with Crippen molar-refractivity contribution in [3.8, 4) is 11.5 Å². The number of rotatable bonds is 3. The van der Waals surface area contributed by atoms with Crippen LogP contribution < -0.4 is 10.6 Å². The Morgan fingerprint density at radius 2 is 1.63 bits per heavy atom. The van der Waals surface area contributed by atoms with Crippen LogP contribution in [-0.2, 0) is 0 Å². The lowest BCUT2D eigenvalue weighted by molar-refractivity contribution is 0.0977. The molecule has 0 spiro atoms. The molecular formula is C21H15N3O2S. The molecule has 6 heteroatoms. The molecule has 132 valence electrons. The van der Waals surface area contributed by atoms with Crippen molar-refractivity contribution in [2.24, 2.45) is 0 Å². The molecule has 4 aromatic rings. The van der Waals surface area contributed by atoms with Crippen LogP contribution >= 0.6 is 12.2 Å². The van der Waals surface area contributed by atoms with Gasteiger partial charge in [0.2, 0.25) is 5.89 Å². The first-order chi connectivity index (χ1) is 13.2. The summed E-state index contributed by atoms with van der Waals surface area (Å²) in [6.07, 6.45) is 0. The maximum Gasteiger partial charge on any atom is 0.257 e. The number of nitrogens with one attached hydrogen (secondary N) is 2. The van der Waals surface area contributed by atoms with E-state index in [-0.39, 0.29) is 11.0 Å². The number of fused-ring (bicyclic) bond motifs is 1. The van der Waals surface area contributed by atoms with Crippen molar-refractivity contribution in [3.05, 3.63) is 84.4 Å². The van der Waals surface area contributed by atoms with E-state index in [9.17, 15) is 4.79 Å². The SMILES string of the molecule is O=C(NC(=S)Nc1ccc2oc(-c3ccccc3)nc2c1)c1ccccc1. The van der Waals surface area contributed by atoms with Gasteiger partial charge in [0.05, 0.1) is 0 Å². The quantitative estimate of drug-likeness (QED) is 0.513. The lowest BCUT2D eigenvalue weighted by atomic mass is 10.2. The first-order valence-corrected chi connectivity index (χ1v) is 8.73. The maximum absolute atomic E-state index is 12.2. The Balaban J connectivity index is 1.49. The van der Waals surface area contributed by atoms with Crippen LogP contribution in [0, 0.1) is 0 Å². The molecule has 5 nitrogen and oxygen atoms in total. The van der Waals surface area contributed by atoms with Crippen molar-refractivity contribution in [3.63, 3.8) is 0 Å². The average Bonchev–Trinajstić information content (AvgIpc) is 3.12. The number of oxazole rings is 1. The van der Waals surface area contributed by atoms with E-state index in [1.807, 2.05) is 54.6 Å². The van der Waals surface area contributed by atoms with Crippen LogP contribution in [-0.4, -0.2) is 16.0 Å². The first kappa shape index (κ1) is 16.9. The molecule has 4 rings (SSSR count). The van der Waals surface area contributed by atoms with Gasteiger partial charge in [0.1, 0.15) is 5.52 Å². The molecule has 0 aliphatic rings. The number of hydrogen-bond donors (Lipinski definition) is 2. The molecule has 0 unspecified atom stereocenters. The number of nitrogens with zero attached hydrogens (tertiary/aromatic N) is 1. The number of carbonyl (C=O) groups is 1. The maximum atomic E-state index is 12.2. The summed E-state index contributed by atoms with van der Waals surface area (Å²) in [6, 6.07) is 24.1. The number of carbonyl (C=O) groups excluding carboxylic acids is 1. The number of anilines is 1. The minimum atomic E-state index is -0.262. The van der Waals surface area contributed by atoms with Crippen LogP contribution in [0.2, 0.25) is 0 Å². The molecule has 0 saturated heterocycles. The minimum Gasteiger partial charge on any atom is -0.436 e. The zero-order valence-corrected chi connectivity index (χ0v) is 15.0. The molecule has 0 saturated carbocycles. The zero-order chi connectivity index (χ0) is 18.6. The third kappa shape index (κ3) is 3.86. The van der Waals surface area contributed by atoms with Crippen LogP contribution in [0.5, 0.6) is 0 Å². The molecule has 0 radical (unpaired) electrons. The average molecular weight is 373 g/mol. The summed E-state index contributed by atoms with van der Waals surface area (Å²) in [7, 11) is 0. The van der Waals surface area contributed by atoms with Crippen molar-refractivity contribution >= 4 is 40.0 Å². The highest BCUT2D eigenvalue weighted by atomic mass is 32.1. The Bertz CT molecular complexity index is 1110. The molecule has 27 heavy (non-hydrogen) atoms. The summed E-state index contributed by atoms with van der Waals surface area (Å²) in [5.41, 5.74) is 3.55. The van der Waals surface area contributed by atoms with Crippen molar-refractivity contribution in [2.75, 3.05) is 5.32 Å². The molecule has 0 aliphatic carbocycles. The monoisotopic (exact) mass is 373 g/mol. The Labute approximate surface area is 161 Å². The van der Waals surface area contributed by atoms with Crippen LogP contribution in [0.25, 0.3) is 22.6 Å². The summed E-state index contributed by atoms with van der Waals surface area (Å²) < 4.78 is 5.79.